The van der Waals surface area contributed by atoms with Crippen molar-refractivity contribution in [1.29, 1.82) is 0 Å². The summed E-state index contributed by atoms with van der Waals surface area (Å²) in [6, 6.07) is 22.6. The fourth-order valence-electron chi connectivity index (χ4n) is 5.13. The van der Waals surface area contributed by atoms with Gasteiger partial charge in [-0.05, 0) is 59.2 Å². The minimum Gasteiger partial charge on any atom is -0.507 e. The van der Waals surface area contributed by atoms with Gasteiger partial charge in [0.1, 0.15) is 25.6 Å². The number of carbonyl (C=O) groups excluding carboxylic acids is 2. The number of benzene rings is 3. The maximum Gasteiger partial charge on any atom is 0.295 e. The first-order valence-corrected chi connectivity index (χ1v) is 13.5. The molecule has 42 heavy (non-hydrogen) atoms. The number of aromatic nitrogens is 1. The van der Waals surface area contributed by atoms with Crippen LogP contribution < -0.4 is 18.9 Å². The molecule has 4 aromatic rings. The molecule has 3 heterocycles. The Bertz CT molecular complexity index is 1650. The van der Waals surface area contributed by atoms with Crippen molar-refractivity contribution in [1.82, 2.24) is 9.88 Å². The smallest absolute Gasteiger partial charge is 0.295 e. The summed E-state index contributed by atoms with van der Waals surface area (Å²) in [5.41, 5.74) is 2.65. The summed E-state index contributed by atoms with van der Waals surface area (Å²) in [5, 5.41) is 11.5. The van der Waals surface area contributed by atoms with Gasteiger partial charge in [-0.2, -0.15) is 0 Å². The van der Waals surface area contributed by atoms with Gasteiger partial charge in [0.2, 0.25) is 0 Å². The molecule has 2 aliphatic heterocycles. The third kappa shape index (κ3) is 5.24. The molecule has 212 valence electrons. The Balaban J connectivity index is 1.42. The number of fused-ring (bicyclic) bond motifs is 1. The zero-order chi connectivity index (χ0) is 29.1. The predicted octanol–water partition coefficient (Wildman–Crippen LogP) is 5.06. The van der Waals surface area contributed by atoms with E-state index in [-0.39, 0.29) is 17.9 Å². The zero-order valence-electron chi connectivity index (χ0n) is 22.9. The van der Waals surface area contributed by atoms with Gasteiger partial charge in [0.05, 0.1) is 18.7 Å². The van der Waals surface area contributed by atoms with Crippen LogP contribution >= 0.6 is 0 Å². The molecular weight excluding hydrogens is 536 g/mol. The van der Waals surface area contributed by atoms with Crippen LogP contribution in [0.3, 0.4) is 0 Å². The quantitative estimate of drug-likeness (QED) is 0.180. The number of carbonyl (C=O) groups is 2. The molecule has 1 unspecified atom stereocenters. The van der Waals surface area contributed by atoms with Crippen molar-refractivity contribution < 1.29 is 33.6 Å². The molecule has 9 heteroatoms. The fraction of sp³-hybridized carbons (Fsp3) is 0.182. The van der Waals surface area contributed by atoms with Gasteiger partial charge < -0.3 is 29.0 Å². The zero-order valence-corrected chi connectivity index (χ0v) is 22.9. The maximum absolute atomic E-state index is 13.5. The number of ketones is 1. The molecule has 1 atom stereocenters. The highest BCUT2D eigenvalue weighted by Gasteiger charge is 2.46. The van der Waals surface area contributed by atoms with E-state index in [2.05, 4.69) is 4.98 Å². The topological polar surface area (TPSA) is 107 Å². The molecule has 0 bridgehead atoms. The number of hydrogen-bond acceptors (Lipinski definition) is 8. The van der Waals surface area contributed by atoms with Crippen molar-refractivity contribution in [3.63, 3.8) is 0 Å². The average molecular weight is 565 g/mol. The molecule has 6 rings (SSSR count). The molecule has 0 saturated carbocycles. The standard InChI is InChI=1S/C33H28N2O7/c1-39-27-17-23(7-9-25(27)42-20-22-5-3-2-4-6-22)30-29(31(36)24-8-10-26-28(18-24)41-16-15-40-26)32(37)33(38)35(30)19-21-11-13-34-14-12-21/h2-14,17-18,30,36H,15-16,19-20H2,1H3. The molecular formula is C33H28N2O7. The van der Waals surface area contributed by atoms with Gasteiger partial charge in [-0.25, -0.2) is 0 Å². The van der Waals surface area contributed by atoms with Gasteiger partial charge in [0.25, 0.3) is 11.7 Å². The van der Waals surface area contributed by atoms with Gasteiger partial charge in [0, 0.05) is 24.5 Å². The second-order valence-electron chi connectivity index (χ2n) is 9.83. The number of aliphatic hydroxyl groups excluding tert-OH is 1. The highest BCUT2D eigenvalue weighted by Crippen LogP contribution is 2.43. The summed E-state index contributed by atoms with van der Waals surface area (Å²) in [6.07, 6.45) is 3.25. The van der Waals surface area contributed by atoms with Crippen LogP contribution in [0.25, 0.3) is 5.76 Å². The summed E-state index contributed by atoms with van der Waals surface area (Å²) in [6.45, 7) is 1.25. The molecule has 1 saturated heterocycles. The number of likely N-dealkylation sites (tertiary alicyclic amines) is 1. The molecule has 0 radical (unpaired) electrons. The fourth-order valence-corrected chi connectivity index (χ4v) is 5.13. The van der Waals surface area contributed by atoms with Gasteiger partial charge in [-0.15, -0.1) is 0 Å². The Labute approximate surface area is 242 Å². The van der Waals surface area contributed by atoms with E-state index in [1.54, 1.807) is 60.9 Å². The lowest BCUT2D eigenvalue weighted by molar-refractivity contribution is -0.140. The maximum atomic E-state index is 13.5. The Morgan fingerprint density at radius 3 is 2.43 bits per heavy atom. The monoisotopic (exact) mass is 564 g/mol. The van der Waals surface area contributed by atoms with Crippen LogP contribution in [0, 0.1) is 0 Å². The first-order chi connectivity index (χ1) is 20.5. The minimum absolute atomic E-state index is 0.0364. The van der Waals surface area contributed by atoms with E-state index in [1.807, 2.05) is 30.3 Å². The van der Waals surface area contributed by atoms with E-state index in [1.165, 1.54) is 12.0 Å². The van der Waals surface area contributed by atoms with Crippen LogP contribution in [-0.2, 0) is 22.7 Å². The molecule has 9 nitrogen and oxygen atoms in total. The molecule has 2 aliphatic rings. The van der Waals surface area contributed by atoms with Crippen LogP contribution in [0.15, 0.2) is 96.8 Å². The SMILES string of the molecule is COc1cc(C2C(=C(O)c3ccc4c(c3)OCCO4)C(=O)C(=O)N2Cc2ccncc2)ccc1OCc1ccccc1. The third-order valence-corrected chi connectivity index (χ3v) is 7.20. The van der Waals surface area contributed by atoms with E-state index in [4.69, 9.17) is 18.9 Å². The molecule has 1 amide bonds. The van der Waals surface area contributed by atoms with Crippen molar-refractivity contribution in [3.05, 3.63) is 119 Å². The number of amides is 1. The van der Waals surface area contributed by atoms with Crippen molar-refractivity contribution in [2.45, 2.75) is 19.2 Å². The van der Waals surface area contributed by atoms with Crippen LogP contribution in [0.4, 0.5) is 0 Å². The first kappa shape index (κ1) is 26.9. The van der Waals surface area contributed by atoms with Crippen LogP contribution in [0.2, 0.25) is 0 Å². The van der Waals surface area contributed by atoms with Gasteiger partial charge in [-0.3, -0.25) is 14.6 Å². The summed E-state index contributed by atoms with van der Waals surface area (Å²) in [5.74, 6) is 0.109. The summed E-state index contributed by atoms with van der Waals surface area (Å²) >= 11 is 0. The van der Waals surface area contributed by atoms with E-state index < -0.39 is 17.7 Å². The summed E-state index contributed by atoms with van der Waals surface area (Å²) in [7, 11) is 1.53. The van der Waals surface area contributed by atoms with Crippen LogP contribution in [0.1, 0.15) is 28.3 Å². The number of hydrogen-bond donors (Lipinski definition) is 1. The van der Waals surface area contributed by atoms with Gasteiger partial charge in [0.15, 0.2) is 23.0 Å². The van der Waals surface area contributed by atoms with E-state index in [0.717, 1.165) is 11.1 Å². The van der Waals surface area contributed by atoms with E-state index in [9.17, 15) is 14.7 Å². The van der Waals surface area contributed by atoms with E-state index >= 15 is 0 Å². The number of ether oxygens (including phenoxy) is 4. The lowest BCUT2D eigenvalue weighted by Crippen LogP contribution is -2.29. The number of aliphatic hydroxyl groups is 1. The molecule has 1 aromatic heterocycles. The molecule has 0 aliphatic carbocycles. The number of nitrogens with zero attached hydrogens (tertiary/aromatic N) is 2. The number of pyridine rings is 1. The van der Waals surface area contributed by atoms with Crippen molar-refractivity contribution in [2.24, 2.45) is 0 Å². The lowest BCUT2D eigenvalue weighted by Gasteiger charge is -2.26. The molecule has 1 N–H and O–H groups in total. The largest absolute Gasteiger partial charge is 0.507 e. The summed E-state index contributed by atoms with van der Waals surface area (Å²) in [4.78, 5) is 32.5. The molecule has 1 fully saturated rings. The highest BCUT2D eigenvalue weighted by atomic mass is 16.6. The minimum atomic E-state index is -0.900. The Hall–Kier alpha value is -5.31. The van der Waals surface area contributed by atoms with Crippen molar-refractivity contribution in [3.8, 4) is 23.0 Å². The van der Waals surface area contributed by atoms with Gasteiger partial charge >= 0.3 is 0 Å². The van der Waals surface area contributed by atoms with Crippen molar-refractivity contribution >= 4 is 17.4 Å². The molecule has 0 spiro atoms. The normalized spacial score (nSPS) is 17.3. The average Bonchev–Trinajstić information content (AvgIpc) is 3.29. The Morgan fingerprint density at radius 1 is 0.905 bits per heavy atom. The number of Topliss-reactive ketones (excluding diaryl/α,β-unsaturated/α-hetero) is 1. The van der Waals surface area contributed by atoms with Crippen LogP contribution in [0.5, 0.6) is 23.0 Å². The third-order valence-electron chi connectivity index (χ3n) is 7.20. The van der Waals surface area contributed by atoms with Gasteiger partial charge in [-0.1, -0.05) is 36.4 Å². The Kier molecular flexibility index (Phi) is 7.47. The first-order valence-electron chi connectivity index (χ1n) is 13.5. The second kappa shape index (κ2) is 11.7. The highest BCUT2D eigenvalue weighted by molar-refractivity contribution is 6.46. The second-order valence-corrected chi connectivity index (χ2v) is 9.83. The number of rotatable bonds is 8. The van der Waals surface area contributed by atoms with Crippen LogP contribution in [-0.4, -0.2) is 47.0 Å². The number of methoxy groups -OCH3 is 1. The Morgan fingerprint density at radius 2 is 1.67 bits per heavy atom. The predicted molar refractivity (Wildman–Crippen MR) is 153 cm³/mol. The lowest BCUT2D eigenvalue weighted by atomic mass is 9.94. The van der Waals surface area contributed by atoms with Crippen molar-refractivity contribution in [2.75, 3.05) is 20.3 Å². The summed E-state index contributed by atoms with van der Waals surface area (Å²) < 4.78 is 23.0. The van der Waals surface area contributed by atoms with E-state index in [0.29, 0.717) is 53.9 Å². The molecule has 3 aromatic carbocycles.